The number of alkyl halides is 3. The molecule has 2 amide bonds. The normalized spacial score (nSPS) is 11.0. The summed E-state index contributed by atoms with van der Waals surface area (Å²) in [5, 5.41) is 4.50. The van der Waals surface area contributed by atoms with Gasteiger partial charge in [-0.05, 0) is 48.0 Å². The maximum Gasteiger partial charge on any atom is 0.417 e. The van der Waals surface area contributed by atoms with E-state index in [1.54, 1.807) is 48.8 Å². The molecule has 3 rings (SSSR count). The number of pyridine rings is 1. The zero-order valence-corrected chi connectivity index (χ0v) is 15.6. The molecule has 0 aliphatic heterocycles. The first-order valence-electron chi connectivity index (χ1n) is 8.40. The topological polar surface area (TPSA) is 63.2 Å². The molecule has 0 unspecified atom stereocenters. The molecular formula is C20H15ClF3N3O2. The van der Waals surface area contributed by atoms with Gasteiger partial charge in [-0.3, -0.25) is 4.98 Å². The van der Waals surface area contributed by atoms with Crippen LogP contribution in [0.2, 0.25) is 5.02 Å². The van der Waals surface area contributed by atoms with Gasteiger partial charge in [0.2, 0.25) is 0 Å². The molecule has 9 heteroatoms. The van der Waals surface area contributed by atoms with Crippen LogP contribution < -0.4 is 15.4 Å². The number of carbonyl (C=O) groups excluding carboxylic acids is 1. The van der Waals surface area contributed by atoms with Crippen molar-refractivity contribution < 1.29 is 22.7 Å². The number of amides is 2. The van der Waals surface area contributed by atoms with Crippen LogP contribution in [0, 0.1) is 0 Å². The largest absolute Gasteiger partial charge is 0.456 e. The third-order valence-corrected chi connectivity index (χ3v) is 4.11. The molecule has 1 aromatic heterocycles. The van der Waals surface area contributed by atoms with Crippen molar-refractivity contribution in [2.75, 3.05) is 5.32 Å². The van der Waals surface area contributed by atoms with Gasteiger partial charge in [0.25, 0.3) is 0 Å². The lowest BCUT2D eigenvalue weighted by atomic mass is 10.2. The Bertz CT molecular complexity index is 981. The third-order valence-electron chi connectivity index (χ3n) is 3.78. The van der Waals surface area contributed by atoms with Crippen LogP contribution in [-0.4, -0.2) is 11.0 Å². The smallest absolute Gasteiger partial charge is 0.417 e. The Morgan fingerprint density at radius 3 is 2.48 bits per heavy atom. The van der Waals surface area contributed by atoms with Gasteiger partial charge in [0.15, 0.2) is 0 Å². The van der Waals surface area contributed by atoms with E-state index in [-0.39, 0.29) is 12.2 Å². The second kappa shape index (κ2) is 8.83. The molecule has 0 spiro atoms. The highest BCUT2D eigenvalue weighted by atomic mass is 35.5. The maximum atomic E-state index is 12.9. The van der Waals surface area contributed by atoms with Crippen LogP contribution in [0.4, 0.5) is 23.7 Å². The second-order valence-corrected chi connectivity index (χ2v) is 6.34. The van der Waals surface area contributed by atoms with E-state index in [4.69, 9.17) is 16.3 Å². The minimum atomic E-state index is -4.61. The fourth-order valence-corrected chi connectivity index (χ4v) is 2.62. The molecule has 0 radical (unpaired) electrons. The summed E-state index contributed by atoms with van der Waals surface area (Å²) in [5.74, 6) is 1.20. The van der Waals surface area contributed by atoms with Gasteiger partial charge in [-0.2, -0.15) is 13.2 Å². The summed E-state index contributed by atoms with van der Waals surface area (Å²) in [5.41, 5.74) is -0.244. The molecule has 5 nitrogen and oxygen atoms in total. The molecular weight excluding hydrogens is 407 g/mol. The van der Waals surface area contributed by atoms with Crippen molar-refractivity contribution in [3.63, 3.8) is 0 Å². The number of nitrogens with one attached hydrogen (secondary N) is 2. The van der Waals surface area contributed by atoms with Crippen molar-refractivity contribution in [3.8, 4) is 11.5 Å². The highest BCUT2D eigenvalue weighted by Gasteiger charge is 2.33. The minimum absolute atomic E-state index is 0.0144. The summed E-state index contributed by atoms with van der Waals surface area (Å²) in [6, 6.07) is 13.0. The highest BCUT2D eigenvalue weighted by Crippen LogP contribution is 2.36. The van der Waals surface area contributed by atoms with Crippen LogP contribution in [0.3, 0.4) is 0 Å². The molecule has 0 aliphatic rings. The summed E-state index contributed by atoms with van der Waals surface area (Å²) in [6.07, 6.45) is -1.38. The van der Waals surface area contributed by atoms with Gasteiger partial charge in [-0.25, -0.2) is 4.79 Å². The van der Waals surface area contributed by atoms with Crippen molar-refractivity contribution in [3.05, 3.63) is 83.1 Å². The second-order valence-electron chi connectivity index (χ2n) is 5.93. The number of hydrogen-bond acceptors (Lipinski definition) is 3. The lowest BCUT2D eigenvalue weighted by molar-refractivity contribution is -0.137. The fraction of sp³-hybridized carbons (Fsp3) is 0.100. The Hall–Kier alpha value is -3.26. The monoisotopic (exact) mass is 421 g/mol. The van der Waals surface area contributed by atoms with Crippen molar-refractivity contribution in [2.45, 2.75) is 12.7 Å². The van der Waals surface area contributed by atoms with E-state index in [1.807, 2.05) is 0 Å². The lowest BCUT2D eigenvalue weighted by Crippen LogP contribution is -2.28. The minimum Gasteiger partial charge on any atom is -0.456 e. The van der Waals surface area contributed by atoms with E-state index in [0.717, 1.165) is 17.7 Å². The average Bonchev–Trinajstić information content (AvgIpc) is 2.69. The van der Waals surface area contributed by atoms with E-state index in [9.17, 15) is 18.0 Å². The molecule has 0 saturated heterocycles. The Morgan fingerprint density at radius 1 is 1.07 bits per heavy atom. The number of aromatic nitrogens is 1. The quantitative estimate of drug-likeness (QED) is 0.541. The molecule has 2 aromatic carbocycles. The van der Waals surface area contributed by atoms with E-state index >= 15 is 0 Å². The molecule has 3 aromatic rings. The first-order chi connectivity index (χ1) is 13.8. The zero-order chi connectivity index (χ0) is 20.9. The molecule has 2 N–H and O–H groups in total. The Balaban J connectivity index is 1.54. The summed E-state index contributed by atoms with van der Waals surface area (Å²) < 4.78 is 44.3. The molecule has 0 saturated carbocycles. The van der Waals surface area contributed by atoms with E-state index in [1.165, 1.54) is 6.07 Å². The summed E-state index contributed by atoms with van der Waals surface area (Å²) in [7, 11) is 0. The molecule has 0 aliphatic carbocycles. The van der Waals surface area contributed by atoms with E-state index in [0.29, 0.717) is 11.5 Å². The van der Waals surface area contributed by atoms with Gasteiger partial charge in [-0.15, -0.1) is 0 Å². The summed E-state index contributed by atoms with van der Waals surface area (Å²) in [6.45, 7) is 0.179. The lowest BCUT2D eigenvalue weighted by Gasteiger charge is -2.12. The van der Waals surface area contributed by atoms with Crippen LogP contribution in [0.15, 0.2) is 67.0 Å². The number of nitrogens with zero attached hydrogens (tertiary/aromatic N) is 1. The number of hydrogen-bond donors (Lipinski definition) is 2. The van der Waals surface area contributed by atoms with Gasteiger partial charge in [0, 0.05) is 18.4 Å². The van der Waals surface area contributed by atoms with Crippen LogP contribution in [0.25, 0.3) is 0 Å². The predicted octanol–water partition coefficient (Wildman–Crippen LogP) is 5.87. The van der Waals surface area contributed by atoms with Crippen LogP contribution in [-0.2, 0) is 12.7 Å². The predicted molar refractivity (Wildman–Crippen MR) is 103 cm³/mol. The van der Waals surface area contributed by atoms with Crippen molar-refractivity contribution in [1.82, 2.24) is 10.3 Å². The van der Waals surface area contributed by atoms with Gasteiger partial charge in [-0.1, -0.05) is 23.7 Å². The van der Waals surface area contributed by atoms with Crippen molar-refractivity contribution in [1.29, 1.82) is 0 Å². The third kappa shape index (κ3) is 5.86. The average molecular weight is 422 g/mol. The molecule has 0 bridgehead atoms. The van der Waals surface area contributed by atoms with Gasteiger partial charge >= 0.3 is 12.2 Å². The number of halogens is 4. The molecule has 0 fully saturated rings. The number of benzene rings is 2. The number of carbonyl (C=O) groups is 1. The Morgan fingerprint density at radius 2 is 1.83 bits per heavy atom. The molecule has 29 heavy (non-hydrogen) atoms. The first-order valence-corrected chi connectivity index (χ1v) is 8.77. The van der Waals surface area contributed by atoms with Gasteiger partial charge in [0.05, 0.1) is 16.8 Å². The van der Waals surface area contributed by atoms with Crippen LogP contribution in [0.1, 0.15) is 11.1 Å². The Kier molecular flexibility index (Phi) is 6.23. The zero-order valence-electron chi connectivity index (χ0n) is 14.8. The molecule has 0 atom stereocenters. The number of urea groups is 1. The Labute approximate surface area is 169 Å². The van der Waals surface area contributed by atoms with E-state index < -0.39 is 22.8 Å². The molecule has 150 valence electrons. The SMILES string of the molecule is O=C(NCc1ccc(Oc2cccnc2)cc1)Nc1ccc(Cl)c(C(F)(F)F)c1. The fourth-order valence-electron chi connectivity index (χ4n) is 2.40. The summed E-state index contributed by atoms with van der Waals surface area (Å²) in [4.78, 5) is 15.9. The maximum absolute atomic E-state index is 12.9. The van der Waals surface area contributed by atoms with Crippen molar-refractivity contribution in [2.24, 2.45) is 0 Å². The number of rotatable bonds is 5. The molecule has 1 heterocycles. The van der Waals surface area contributed by atoms with Gasteiger partial charge in [0.1, 0.15) is 11.5 Å². The van der Waals surface area contributed by atoms with E-state index in [2.05, 4.69) is 15.6 Å². The van der Waals surface area contributed by atoms with Crippen LogP contribution >= 0.6 is 11.6 Å². The number of ether oxygens (including phenoxy) is 1. The van der Waals surface area contributed by atoms with Crippen LogP contribution in [0.5, 0.6) is 11.5 Å². The number of anilines is 1. The highest BCUT2D eigenvalue weighted by molar-refractivity contribution is 6.31. The summed E-state index contributed by atoms with van der Waals surface area (Å²) >= 11 is 5.56. The van der Waals surface area contributed by atoms with Gasteiger partial charge < -0.3 is 15.4 Å². The first kappa shape index (κ1) is 20.5. The standard InChI is InChI=1S/C20H15ClF3N3O2/c21-18-8-5-14(10-17(18)20(22,23)24)27-19(28)26-11-13-3-6-15(7-4-13)29-16-2-1-9-25-12-16/h1-10,12H,11H2,(H2,26,27,28). The van der Waals surface area contributed by atoms with Crippen molar-refractivity contribution >= 4 is 23.3 Å².